The average molecular weight is 321 g/mol. The Labute approximate surface area is 139 Å². The van der Waals surface area contributed by atoms with Crippen LogP contribution in [0.15, 0.2) is 6.07 Å². The van der Waals surface area contributed by atoms with E-state index in [4.69, 9.17) is 4.74 Å². The van der Waals surface area contributed by atoms with Crippen molar-refractivity contribution in [2.45, 2.75) is 66.0 Å². The molecule has 23 heavy (non-hydrogen) atoms. The summed E-state index contributed by atoms with van der Waals surface area (Å²) >= 11 is 0. The predicted octanol–water partition coefficient (Wildman–Crippen LogP) is 3.34. The summed E-state index contributed by atoms with van der Waals surface area (Å²) in [6.07, 6.45) is 3.43. The van der Waals surface area contributed by atoms with Crippen molar-refractivity contribution in [3.63, 3.8) is 0 Å². The highest BCUT2D eigenvalue weighted by Gasteiger charge is 2.29. The number of rotatable bonds is 6. The minimum absolute atomic E-state index is 0.0803. The fourth-order valence-corrected chi connectivity index (χ4v) is 3.35. The molecule has 1 aromatic rings. The fraction of sp³-hybridized carbons (Fsp3) is 0.778. The van der Waals surface area contributed by atoms with Crippen molar-refractivity contribution in [1.82, 2.24) is 15.1 Å². The summed E-state index contributed by atoms with van der Waals surface area (Å²) in [5.41, 5.74) is 1.55. The number of nitrogens with one attached hydrogen (secondary N) is 1. The fourth-order valence-electron chi connectivity index (χ4n) is 3.35. The number of aromatic nitrogens is 2. The zero-order valence-electron chi connectivity index (χ0n) is 15.1. The van der Waals surface area contributed by atoms with Gasteiger partial charge in [0.15, 0.2) is 0 Å². The summed E-state index contributed by atoms with van der Waals surface area (Å²) in [5.74, 6) is 0.790. The van der Waals surface area contributed by atoms with Crippen molar-refractivity contribution >= 4 is 5.91 Å². The molecular formula is C18H31N3O2. The minimum Gasteiger partial charge on any atom is -0.378 e. The number of hydrogen-bond acceptors (Lipinski definition) is 3. The van der Waals surface area contributed by atoms with E-state index in [0.717, 1.165) is 31.6 Å². The summed E-state index contributed by atoms with van der Waals surface area (Å²) < 4.78 is 7.83. The standard InChI is InChI=1S/C18H31N3O2/c1-6-13(4)21-14(5)10-16(20-21)18(22)19-11-15-8-7-9-23-17(15)12(2)3/h10,12-13,15,17H,6-9,11H2,1-5H3,(H,19,22)/t13-,15-,17-/m0/s1. The first-order chi connectivity index (χ1) is 10.9. The van der Waals surface area contributed by atoms with Gasteiger partial charge in [0.2, 0.25) is 0 Å². The summed E-state index contributed by atoms with van der Waals surface area (Å²) in [4.78, 5) is 12.4. The van der Waals surface area contributed by atoms with Gasteiger partial charge in [-0.1, -0.05) is 20.8 Å². The van der Waals surface area contributed by atoms with Crippen molar-refractivity contribution in [2.24, 2.45) is 11.8 Å². The van der Waals surface area contributed by atoms with Crippen LogP contribution < -0.4 is 5.32 Å². The number of aryl methyl sites for hydroxylation is 1. The maximum absolute atomic E-state index is 12.4. The predicted molar refractivity (Wildman–Crippen MR) is 91.6 cm³/mol. The lowest BCUT2D eigenvalue weighted by atomic mass is 9.87. The Morgan fingerprint density at radius 1 is 1.48 bits per heavy atom. The van der Waals surface area contributed by atoms with Crippen molar-refractivity contribution in [3.8, 4) is 0 Å². The number of hydrogen-bond donors (Lipinski definition) is 1. The smallest absolute Gasteiger partial charge is 0.271 e. The third-order valence-corrected chi connectivity index (χ3v) is 4.84. The van der Waals surface area contributed by atoms with Gasteiger partial charge in [-0.3, -0.25) is 9.48 Å². The molecule has 5 heteroatoms. The molecule has 0 radical (unpaired) electrons. The number of carbonyl (C=O) groups excluding carboxylic acids is 1. The molecule has 2 heterocycles. The second-order valence-electron chi connectivity index (χ2n) is 7.06. The molecule has 0 bridgehead atoms. The molecule has 0 unspecified atom stereocenters. The summed E-state index contributed by atoms with van der Waals surface area (Å²) in [6.45, 7) is 12.1. The van der Waals surface area contributed by atoms with E-state index in [2.05, 4.69) is 38.1 Å². The van der Waals surface area contributed by atoms with Gasteiger partial charge >= 0.3 is 0 Å². The number of nitrogens with zero attached hydrogens (tertiary/aromatic N) is 2. The molecule has 1 saturated heterocycles. The third-order valence-electron chi connectivity index (χ3n) is 4.84. The molecule has 0 spiro atoms. The molecule has 1 aliphatic heterocycles. The van der Waals surface area contributed by atoms with Crippen LogP contribution in [0.3, 0.4) is 0 Å². The number of ether oxygens (including phenoxy) is 1. The Morgan fingerprint density at radius 2 is 2.22 bits per heavy atom. The molecule has 1 amide bonds. The van der Waals surface area contributed by atoms with Crippen molar-refractivity contribution in [3.05, 3.63) is 17.5 Å². The van der Waals surface area contributed by atoms with E-state index in [0.29, 0.717) is 30.1 Å². The zero-order valence-corrected chi connectivity index (χ0v) is 15.1. The van der Waals surface area contributed by atoms with Crippen LogP contribution in [0, 0.1) is 18.8 Å². The van der Waals surface area contributed by atoms with Crippen LogP contribution in [0.4, 0.5) is 0 Å². The Balaban J connectivity index is 1.96. The van der Waals surface area contributed by atoms with Crippen LogP contribution in [0.1, 0.15) is 69.2 Å². The lowest BCUT2D eigenvalue weighted by molar-refractivity contribution is -0.0510. The molecule has 3 atom stereocenters. The van der Waals surface area contributed by atoms with Gasteiger partial charge in [-0.05, 0) is 45.1 Å². The Kier molecular flexibility index (Phi) is 6.22. The molecule has 1 aromatic heterocycles. The van der Waals surface area contributed by atoms with Crippen molar-refractivity contribution in [2.75, 3.05) is 13.2 Å². The maximum atomic E-state index is 12.4. The van der Waals surface area contributed by atoms with E-state index in [9.17, 15) is 4.79 Å². The number of carbonyl (C=O) groups is 1. The first-order valence-electron chi connectivity index (χ1n) is 8.90. The van der Waals surface area contributed by atoms with E-state index >= 15 is 0 Å². The van der Waals surface area contributed by atoms with Crippen LogP contribution in [0.5, 0.6) is 0 Å². The first kappa shape index (κ1) is 18.0. The van der Waals surface area contributed by atoms with Gasteiger partial charge < -0.3 is 10.1 Å². The number of amides is 1. The third kappa shape index (κ3) is 4.34. The molecule has 1 aliphatic rings. The molecule has 0 aromatic carbocycles. The van der Waals surface area contributed by atoms with E-state index in [-0.39, 0.29) is 12.0 Å². The minimum atomic E-state index is -0.0803. The highest BCUT2D eigenvalue weighted by Crippen LogP contribution is 2.25. The lowest BCUT2D eigenvalue weighted by Crippen LogP contribution is -2.41. The van der Waals surface area contributed by atoms with Gasteiger partial charge in [0, 0.05) is 30.8 Å². The topological polar surface area (TPSA) is 56.2 Å². The van der Waals surface area contributed by atoms with Crippen LogP contribution >= 0.6 is 0 Å². The van der Waals surface area contributed by atoms with Crippen molar-refractivity contribution < 1.29 is 9.53 Å². The molecular weight excluding hydrogens is 290 g/mol. The normalized spacial score (nSPS) is 23.0. The summed E-state index contributed by atoms with van der Waals surface area (Å²) in [5, 5.41) is 7.53. The lowest BCUT2D eigenvalue weighted by Gasteiger charge is -2.34. The van der Waals surface area contributed by atoms with E-state index in [1.165, 1.54) is 0 Å². The van der Waals surface area contributed by atoms with Gasteiger partial charge in [-0.25, -0.2) is 0 Å². The van der Waals surface area contributed by atoms with Gasteiger partial charge in [0.25, 0.3) is 5.91 Å². The Bertz CT molecular complexity index is 524. The SMILES string of the molecule is CC[C@H](C)n1nc(C(=O)NC[C@@H]2CCCO[C@H]2C(C)C)cc1C. The highest BCUT2D eigenvalue weighted by atomic mass is 16.5. The molecule has 0 aliphatic carbocycles. The van der Waals surface area contributed by atoms with Gasteiger partial charge in [0.05, 0.1) is 6.10 Å². The quantitative estimate of drug-likeness (QED) is 0.874. The van der Waals surface area contributed by atoms with Crippen LogP contribution in [0.2, 0.25) is 0 Å². The van der Waals surface area contributed by atoms with Crippen LogP contribution in [-0.4, -0.2) is 34.9 Å². The van der Waals surface area contributed by atoms with Crippen molar-refractivity contribution in [1.29, 1.82) is 0 Å². The second kappa shape index (κ2) is 7.95. The second-order valence-corrected chi connectivity index (χ2v) is 7.06. The molecule has 1 N–H and O–H groups in total. The zero-order chi connectivity index (χ0) is 17.0. The largest absolute Gasteiger partial charge is 0.378 e. The molecule has 1 fully saturated rings. The van der Waals surface area contributed by atoms with E-state index in [1.54, 1.807) is 0 Å². The summed E-state index contributed by atoms with van der Waals surface area (Å²) in [7, 11) is 0. The molecule has 130 valence electrons. The van der Waals surface area contributed by atoms with E-state index < -0.39 is 0 Å². The average Bonchev–Trinajstić information content (AvgIpc) is 2.94. The Hall–Kier alpha value is -1.36. The summed E-state index contributed by atoms with van der Waals surface area (Å²) in [6, 6.07) is 2.19. The van der Waals surface area contributed by atoms with Gasteiger partial charge in [0.1, 0.15) is 5.69 Å². The molecule has 2 rings (SSSR count). The molecule has 5 nitrogen and oxygen atoms in total. The molecule has 0 saturated carbocycles. The van der Waals surface area contributed by atoms with Crippen LogP contribution in [0.25, 0.3) is 0 Å². The maximum Gasteiger partial charge on any atom is 0.271 e. The van der Waals surface area contributed by atoms with Gasteiger partial charge in [-0.2, -0.15) is 5.10 Å². The van der Waals surface area contributed by atoms with E-state index in [1.807, 2.05) is 17.7 Å². The van der Waals surface area contributed by atoms with Gasteiger partial charge in [-0.15, -0.1) is 0 Å². The van der Waals surface area contributed by atoms with Crippen LogP contribution in [-0.2, 0) is 4.74 Å². The highest BCUT2D eigenvalue weighted by molar-refractivity contribution is 5.92. The monoisotopic (exact) mass is 321 g/mol. The first-order valence-corrected chi connectivity index (χ1v) is 8.90. The Morgan fingerprint density at radius 3 is 2.87 bits per heavy atom.